The van der Waals surface area contributed by atoms with E-state index in [1.54, 1.807) is 70.9 Å². The fraction of sp³-hybridized carbons (Fsp3) is 0.899. The third-order valence-corrected chi connectivity index (χ3v) is 16.8. The lowest BCUT2D eigenvalue weighted by Gasteiger charge is -2.28. The van der Waals surface area contributed by atoms with E-state index in [1.165, 1.54) is 51.3 Å². The molecule has 0 rings (SSSR count). The van der Waals surface area contributed by atoms with Gasteiger partial charge in [0, 0.05) is 101 Å². The van der Waals surface area contributed by atoms with Crippen LogP contribution in [0.5, 0.6) is 0 Å². The average Bonchev–Trinajstić information content (AvgIpc) is 0.884. The van der Waals surface area contributed by atoms with Gasteiger partial charge in [0.1, 0.15) is 39.3 Å². The minimum absolute atomic E-state index is 0. The van der Waals surface area contributed by atoms with Gasteiger partial charge >= 0.3 is 0 Å². The molecule has 652 valence electrons. The molecule has 0 aliphatic rings. The second-order valence-corrected chi connectivity index (χ2v) is 29.5. The summed E-state index contributed by atoms with van der Waals surface area (Å²) in [6.07, 6.45) is 2.72. The Kier molecular flexibility index (Phi) is 87.9. The number of nitrogens with zero attached hydrogens (tertiary/aromatic N) is 1. The predicted octanol–water partition coefficient (Wildman–Crippen LogP) is -1.33. The molecule has 0 aliphatic carbocycles. The van der Waals surface area contributed by atoms with Crippen LogP contribution in [0.2, 0.25) is 0 Å². The number of quaternary nitrogens is 2. The molecule has 0 aromatic heterocycles. The number of hydrogen-bond acceptors (Lipinski definition) is 30. The van der Waals surface area contributed by atoms with Crippen molar-refractivity contribution >= 4 is 48.1 Å². The third-order valence-electron chi connectivity index (χ3n) is 13.6. The predicted molar refractivity (Wildman–Crippen MR) is 411 cm³/mol. The summed E-state index contributed by atoms with van der Waals surface area (Å²) in [6, 6.07) is 0. The zero-order chi connectivity index (χ0) is 82.6. The minimum Gasteiger partial charge on any atom is -0.748 e. The van der Waals surface area contributed by atoms with Crippen LogP contribution < -0.4 is 25.8 Å². The van der Waals surface area contributed by atoms with Crippen LogP contribution in [0.15, 0.2) is 25.3 Å². The smallest absolute Gasteiger partial charge is 0.267 e. The van der Waals surface area contributed by atoms with Gasteiger partial charge in [-0.15, -0.1) is 0 Å². The fourth-order valence-electron chi connectivity index (χ4n) is 8.02. The SMILES string of the molecule is C.C=CC(=O)NC(C)(C)CS(=O)(=O)O.C=CC(=O)NC(C)(C)CS(=O)(=O)[O-].CCC(C)C(=O)NC(C)(C)CS(=O)(=O)[O-].COCCOCCN(CCOCCOC)CCOCCOC.COCCOCC[NH+](CCOCCOC)CCOCCOC.COCCOCC[NH+](CCOCCOC)CCOCCOC. The first kappa shape index (κ1) is 118. The van der Waals surface area contributed by atoms with Crippen molar-refractivity contribution in [2.24, 2.45) is 5.92 Å². The second-order valence-electron chi connectivity index (χ2n) is 25.3. The van der Waals surface area contributed by atoms with E-state index < -0.39 is 76.0 Å². The fourth-order valence-corrected chi connectivity index (χ4v) is 10.9. The van der Waals surface area contributed by atoms with Gasteiger partial charge in [-0.05, 0) is 60.1 Å². The van der Waals surface area contributed by atoms with E-state index in [9.17, 15) is 48.7 Å². The third kappa shape index (κ3) is 101. The summed E-state index contributed by atoms with van der Waals surface area (Å²) in [5.74, 6) is -3.16. The standard InChI is InChI=1S/3C15H33NO6.C9H19NO4S.2C7H13NO4S.CH4/c3*1-17-10-13-20-7-4-16(5-8-21-14-11-18-2)6-9-22-15-12-19-3;1-5-7(2)8(11)10-9(3,4)6-15(12,13)14;2*1-4-6(9)8-7(2,3)5-13(10,11)12;/h3*4-15H2,1-3H3;7H,5-6H2,1-4H3,(H,10,11)(H,12,13,14);2*4H,1,5H2,2-3H3,(H,8,9)(H,10,11,12);1H4. The van der Waals surface area contributed by atoms with Crippen molar-refractivity contribution in [1.82, 2.24) is 20.9 Å². The number of hydrogen-bond donors (Lipinski definition) is 6. The highest BCUT2D eigenvalue weighted by Crippen LogP contribution is 2.10. The molecule has 0 saturated carbocycles. The summed E-state index contributed by atoms with van der Waals surface area (Å²) in [5.41, 5.74) is -3.08. The first-order valence-corrected chi connectivity index (χ1v) is 40.2. The largest absolute Gasteiger partial charge is 0.748 e. The summed E-state index contributed by atoms with van der Waals surface area (Å²) >= 11 is 0. The maximum Gasteiger partial charge on any atom is 0.267 e. The molecule has 1 unspecified atom stereocenters. The molecule has 0 aromatic carbocycles. The summed E-state index contributed by atoms with van der Waals surface area (Å²) < 4.78 is 187. The molecule has 1 atom stereocenters. The zero-order valence-electron chi connectivity index (χ0n) is 67.9. The Bertz CT molecular complexity index is 2110. The first-order chi connectivity index (χ1) is 50.4. The van der Waals surface area contributed by atoms with Crippen LogP contribution in [0.3, 0.4) is 0 Å². The van der Waals surface area contributed by atoms with E-state index in [1.807, 2.05) is 6.92 Å². The van der Waals surface area contributed by atoms with E-state index in [4.69, 9.17) is 89.8 Å². The summed E-state index contributed by atoms with van der Waals surface area (Å²) in [7, 11) is 2.33. The van der Waals surface area contributed by atoms with Crippen molar-refractivity contribution in [1.29, 1.82) is 0 Å². The number of methoxy groups -OCH3 is 9. The molecule has 0 bridgehead atoms. The molecule has 108 heavy (non-hydrogen) atoms. The van der Waals surface area contributed by atoms with Gasteiger partial charge in [0.2, 0.25) is 17.7 Å². The van der Waals surface area contributed by atoms with Gasteiger partial charge in [-0.2, -0.15) is 8.42 Å². The van der Waals surface area contributed by atoms with Gasteiger partial charge in [-0.25, -0.2) is 16.8 Å². The number of ether oxygens (including phenoxy) is 18. The lowest BCUT2D eigenvalue weighted by molar-refractivity contribution is -0.901. The molecule has 36 nitrogen and oxygen atoms in total. The van der Waals surface area contributed by atoms with Crippen LogP contribution >= 0.6 is 0 Å². The molecule has 0 heterocycles. The Labute approximate surface area is 650 Å². The molecule has 0 spiro atoms. The first-order valence-electron chi connectivity index (χ1n) is 35.5. The van der Waals surface area contributed by atoms with Gasteiger partial charge < -0.3 is 120 Å². The topological polar surface area (TPSA) is 434 Å². The normalized spacial score (nSPS) is 12.0. The van der Waals surface area contributed by atoms with Gasteiger partial charge in [0.15, 0.2) is 0 Å². The van der Waals surface area contributed by atoms with Gasteiger partial charge in [0.05, 0.1) is 221 Å². The Morgan fingerprint density at radius 2 is 0.593 bits per heavy atom. The summed E-state index contributed by atoms with van der Waals surface area (Å²) in [5, 5.41) is 7.24. The van der Waals surface area contributed by atoms with Crippen molar-refractivity contribution in [3.05, 3.63) is 25.3 Å². The molecule has 0 aromatic rings. The minimum atomic E-state index is -4.33. The van der Waals surface area contributed by atoms with Crippen molar-refractivity contribution in [3.63, 3.8) is 0 Å². The summed E-state index contributed by atoms with van der Waals surface area (Å²) in [4.78, 5) is 38.2. The molecular formula is C69H148N6O30S3. The highest BCUT2D eigenvalue weighted by Gasteiger charge is 2.27. The molecule has 0 fully saturated rings. The number of carbonyl (C=O) groups is 3. The van der Waals surface area contributed by atoms with Crippen LogP contribution in [0.1, 0.15) is 69.2 Å². The van der Waals surface area contributed by atoms with Crippen LogP contribution in [0, 0.1) is 5.92 Å². The molecule has 39 heteroatoms. The quantitative estimate of drug-likeness (QED) is 0.0233. The zero-order valence-corrected chi connectivity index (χ0v) is 70.3. The lowest BCUT2D eigenvalue weighted by Crippen LogP contribution is -3.13. The Morgan fingerprint density at radius 1 is 0.389 bits per heavy atom. The van der Waals surface area contributed by atoms with Crippen LogP contribution in [0.25, 0.3) is 0 Å². The van der Waals surface area contributed by atoms with Crippen molar-refractivity contribution < 1.29 is 148 Å². The lowest BCUT2D eigenvalue weighted by atomic mass is 10.0. The van der Waals surface area contributed by atoms with Gasteiger partial charge in [-0.3, -0.25) is 23.8 Å². The number of rotatable bonds is 67. The van der Waals surface area contributed by atoms with Crippen molar-refractivity contribution in [2.45, 2.75) is 85.9 Å². The molecule has 0 radical (unpaired) electrons. The van der Waals surface area contributed by atoms with E-state index in [0.717, 1.165) is 111 Å². The van der Waals surface area contributed by atoms with E-state index in [-0.39, 0.29) is 19.3 Å². The average molecular weight is 1640 g/mol. The van der Waals surface area contributed by atoms with Gasteiger partial charge in [0.25, 0.3) is 10.1 Å². The van der Waals surface area contributed by atoms with Crippen molar-refractivity contribution in [3.8, 4) is 0 Å². The molecule has 3 amide bonds. The molecule has 0 aliphatic heterocycles. The Morgan fingerprint density at radius 3 is 0.778 bits per heavy atom. The maximum atomic E-state index is 11.5. The second kappa shape index (κ2) is 80.4. The van der Waals surface area contributed by atoms with Crippen LogP contribution in [0.4, 0.5) is 0 Å². The highest BCUT2D eigenvalue weighted by atomic mass is 32.2. The highest BCUT2D eigenvalue weighted by molar-refractivity contribution is 7.86. The van der Waals surface area contributed by atoms with E-state index in [0.29, 0.717) is 145 Å². The van der Waals surface area contributed by atoms with Crippen molar-refractivity contribution in [2.75, 3.05) is 319 Å². The molecule has 0 saturated heterocycles. The van der Waals surface area contributed by atoms with Crippen LogP contribution in [-0.2, 0) is 130 Å². The Balaban J connectivity index is -0.000000229. The number of amides is 3. The van der Waals surface area contributed by atoms with E-state index in [2.05, 4.69) is 34.0 Å². The maximum absolute atomic E-state index is 11.5. The Hall–Kier alpha value is -3.22. The molecular weight excluding hydrogens is 1490 g/mol. The van der Waals surface area contributed by atoms with Crippen LogP contribution in [-0.4, -0.2) is 397 Å². The van der Waals surface area contributed by atoms with Gasteiger partial charge in [-0.1, -0.05) is 34.4 Å². The van der Waals surface area contributed by atoms with E-state index >= 15 is 0 Å². The monoisotopic (exact) mass is 1640 g/mol. The number of nitrogens with one attached hydrogen (secondary N) is 5. The molecule has 6 N–H and O–H groups in total. The summed E-state index contributed by atoms with van der Waals surface area (Å²) in [6.45, 7) is 44.8. The number of carbonyl (C=O) groups excluding carboxylic acids is 3.